The Bertz CT molecular complexity index is 229. The highest BCUT2D eigenvalue weighted by atomic mass is 16.2. The van der Waals surface area contributed by atoms with Crippen molar-refractivity contribution >= 4 is 5.91 Å². The van der Waals surface area contributed by atoms with Crippen LogP contribution in [-0.4, -0.2) is 43.5 Å². The number of nitrogens with one attached hydrogen (secondary N) is 1. The number of hydrogen-bond donors (Lipinski definition) is 2. The second-order valence-electron chi connectivity index (χ2n) is 5.23. The molecule has 2 atom stereocenters. The van der Waals surface area contributed by atoms with Gasteiger partial charge in [-0.25, -0.2) is 0 Å². The molecule has 0 fully saturated rings. The fraction of sp³-hybridized carbons (Fsp3) is 0.769. The second-order valence-corrected chi connectivity index (χ2v) is 5.23. The van der Waals surface area contributed by atoms with Gasteiger partial charge in [-0.3, -0.25) is 4.79 Å². The zero-order valence-electron chi connectivity index (χ0n) is 11.6. The van der Waals surface area contributed by atoms with E-state index in [0.29, 0.717) is 12.3 Å². The molecule has 0 aromatic rings. The average Bonchev–Trinajstić information content (AvgIpc) is 2.15. The number of hydrogen-bond acceptors (Lipinski definition) is 3. The fourth-order valence-electron chi connectivity index (χ4n) is 1.78. The van der Waals surface area contributed by atoms with Crippen LogP contribution in [0.2, 0.25) is 0 Å². The summed E-state index contributed by atoms with van der Waals surface area (Å²) in [5, 5.41) is 3.01. The van der Waals surface area contributed by atoms with Crippen LogP contribution in [0.25, 0.3) is 0 Å². The molecule has 17 heavy (non-hydrogen) atoms. The molecule has 4 heteroatoms. The maximum Gasteiger partial charge on any atom is 0.237 e. The quantitative estimate of drug-likeness (QED) is 0.623. The van der Waals surface area contributed by atoms with Gasteiger partial charge in [-0.1, -0.05) is 19.9 Å². The number of carbonyl (C=O) groups is 1. The average molecular weight is 241 g/mol. The molecular formula is C13H27N3O. The van der Waals surface area contributed by atoms with Gasteiger partial charge < -0.3 is 16.0 Å². The molecular weight excluding hydrogens is 214 g/mol. The van der Waals surface area contributed by atoms with Crippen molar-refractivity contribution in [2.75, 3.05) is 20.6 Å². The van der Waals surface area contributed by atoms with E-state index in [1.165, 1.54) is 0 Å². The van der Waals surface area contributed by atoms with Crippen LogP contribution in [0.15, 0.2) is 12.7 Å². The molecule has 3 N–H and O–H groups in total. The number of likely N-dealkylation sites (N-methyl/N-ethyl adjacent to an activating group) is 1. The highest BCUT2D eigenvalue weighted by Crippen LogP contribution is 2.06. The molecule has 0 aliphatic carbocycles. The maximum atomic E-state index is 11.8. The van der Waals surface area contributed by atoms with Crippen LogP contribution < -0.4 is 11.1 Å². The predicted octanol–water partition coefficient (Wildman–Crippen LogP) is 0.982. The Hall–Kier alpha value is -0.870. The zero-order valence-corrected chi connectivity index (χ0v) is 11.6. The Morgan fingerprint density at radius 1 is 1.47 bits per heavy atom. The van der Waals surface area contributed by atoms with Gasteiger partial charge in [0.25, 0.3) is 0 Å². The first-order chi connectivity index (χ1) is 7.86. The number of rotatable bonds is 8. The molecule has 0 saturated heterocycles. The van der Waals surface area contributed by atoms with E-state index in [1.807, 2.05) is 14.1 Å². The van der Waals surface area contributed by atoms with Gasteiger partial charge in [-0.2, -0.15) is 0 Å². The van der Waals surface area contributed by atoms with Crippen LogP contribution in [0, 0.1) is 5.92 Å². The van der Waals surface area contributed by atoms with Crippen molar-refractivity contribution in [3.05, 3.63) is 12.7 Å². The number of carbonyl (C=O) groups excluding carboxylic acids is 1. The molecule has 0 radical (unpaired) electrons. The van der Waals surface area contributed by atoms with Gasteiger partial charge in [0, 0.05) is 12.6 Å². The summed E-state index contributed by atoms with van der Waals surface area (Å²) in [6, 6.07) is -0.322. The minimum Gasteiger partial charge on any atom is -0.351 e. The highest BCUT2D eigenvalue weighted by molar-refractivity contribution is 5.81. The standard InChI is InChI=1S/C13H27N3O/c1-6-7-12(14)13(17)15-11(8-10(2)3)9-16(4)5/h6,10-12H,1,7-9,14H2,2-5H3,(H,15,17). The first kappa shape index (κ1) is 16.1. The highest BCUT2D eigenvalue weighted by Gasteiger charge is 2.18. The first-order valence-corrected chi connectivity index (χ1v) is 6.18. The molecule has 100 valence electrons. The molecule has 2 unspecified atom stereocenters. The Morgan fingerprint density at radius 2 is 2.06 bits per heavy atom. The van der Waals surface area contributed by atoms with E-state index >= 15 is 0 Å². The predicted molar refractivity (Wildman–Crippen MR) is 72.7 cm³/mol. The molecule has 0 heterocycles. The molecule has 0 aromatic heterocycles. The monoisotopic (exact) mass is 241 g/mol. The zero-order chi connectivity index (χ0) is 13.4. The van der Waals surface area contributed by atoms with Crippen molar-refractivity contribution in [3.8, 4) is 0 Å². The van der Waals surface area contributed by atoms with Crippen molar-refractivity contribution < 1.29 is 4.79 Å². The lowest BCUT2D eigenvalue weighted by Gasteiger charge is -2.25. The molecule has 4 nitrogen and oxygen atoms in total. The minimum atomic E-state index is -0.482. The van der Waals surface area contributed by atoms with Gasteiger partial charge >= 0.3 is 0 Å². The third-order valence-corrected chi connectivity index (χ3v) is 2.45. The summed E-state index contributed by atoms with van der Waals surface area (Å²) < 4.78 is 0. The first-order valence-electron chi connectivity index (χ1n) is 6.18. The van der Waals surface area contributed by atoms with Gasteiger partial charge in [0.05, 0.1) is 6.04 Å². The Kier molecular flexibility index (Phi) is 7.83. The van der Waals surface area contributed by atoms with Crippen molar-refractivity contribution in [1.29, 1.82) is 0 Å². The molecule has 0 aromatic carbocycles. The van der Waals surface area contributed by atoms with Crippen molar-refractivity contribution in [1.82, 2.24) is 10.2 Å². The minimum absolute atomic E-state index is 0.0857. The molecule has 0 spiro atoms. The summed E-state index contributed by atoms with van der Waals surface area (Å²) in [6.07, 6.45) is 3.15. The lowest BCUT2D eigenvalue weighted by molar-refractivity contribution is -0.123. The van der Waals surface area contributed by atoms with Crippen LogP contribution in [0.4, 0.5) is 0 Å². The van der Waals surface area contributed by atoms with Gasteiger partial charge in [0.15, 0.2) is 0 Å². The molecule has 0 aliphatic heterocycles. The Morgan fingerprint density at radius 3 is 2.47 bits per heavy atom. The molecule has 0 aliphatic rings. The van der Waals surface area contributed by atoms with E-state index in [9.17, 15) is 4.79 Å². The van der Waals surface area contributed by atoms with Gasteiger partial charge in [0.2, 0.25) is 5.91 Å². The summed E-state index contributed by atoms with van der Waals surface area (Å²) in [6.45, 7) is 8.73. The van der Waals surface area contributed by atoms with Crippen molar-refractivity contribution in [3.63, 3.8) is 0 Å². The van der Waals surface area contributed by atoms with E-state index in [0.717, 1.165) is 13.0 Å². The summed E-state index contributed by atoms with van der Waals surface area (Å²) in [5.74, 6) is 0.466. The van der Waals surface area contributed by atoms with Crippen LogP contribution >= 0.6 is 0 Å². The third kappa shape index (κ3) is 7.94. The van der Waals surface area contributed by atoms with Crippen LogP contribution in [0.3, 0.4) is 0 Å². The third-order valence-electron chi connectivity index (χ3n) is 2.45. The largest absolute Gasteiger partial charge is 0.351 e. The summed E-state index contributed by atoms with van der Waals surface area (Å²) >= 11 is 0. The number of nitrogens with two attached hydrogens (primary N) is 1. The molecule has 0 saturated carbocycles. The van der Waals surface area contributed by atoms with Crippen molar-refractivity contribution in [2.24, 2.45) is 11.7 Å². The topological polar surface area (TPSA) is 58.4 Å². The van der Waals surface area contributed by atoms with E-state index in [-0.39, 0.29) is 11.9 Å². The molecule has 0 rings (SSSR count). The SMILES string of the molecule is C=CCC(N)C(=O)NC(CC(C)C)CN(C)C. The van der Waals surface area contributed by atoms with Crippen LogP contribution in [0.5, 0.6) is 0 Å². The summed E-state index contributed by atoms with van der Waals surface area (Å²) in [7, 11) is 4.01. The van der Waals surface area contributed by atoms with E-state index in [2.05, 4.69) is 30.6 Å². The Balaban J connectivity index is 4.30. The second kappa shape index (κ2) is 8.25. The van der Waals surface area contributed by atoms with E-state index < -0.39 is 6.04 Å². The lowest BCUT2D eigenvalue weighted by Crippen LogP contribution is -2.48. The lowest BCUT2D eigenvalue weighted by atomic mass is 10.0. The number of amides is 1. The van der Waals surface area contributed by atoms with Gasteiger partial charge in [-0.05, 0) is 32.9 Å². The Labute approximate surface area is 105 Å². The van der Waals surface area contributed by atoms with E-state index in [1.54, 1.807) is 6.08 Å². The summed E-state index contributed by atoms with van der Waals surface area (Å²) in [5.41, 5.74) is 5.74. The van der Waals surface area contributed by atoms with Crippen molar-refractivity contribution in [2.45, 2.75) is 38.8 Å². The van der Waals surface area contributed by atoms with Crippen LogP contribution in [0.1, 0.15) is 26.7 Å². The van der Waals surface area contributed by atoms with Gasteiger partial charge in [0.1, 0.15) is 0 Å². The van der Waals surface area contributed by atoms with Crippen LogP contribution in [-0.2, 0) is 4.79 Å². The van der Waals surface area contributed by atoms with E-state index in [4.69, 9.17) is 5.73 Å². The molecule has 1 amide bonds. The number of nitrogens with zero attached hydrogens (tertiary/aromatic N) is 1. The van der Waals surface area contributed by atoms with Gasteiger partial charge in [-0.15, -0.1) is 6.58 Å². The smallest absolute Gasteiger partial charge is 0.237 e. The summed E-state index contributed by atoms with van der Waals surface area (Å²) in [4.78, 5) is 13.9. The normalized spacial score (nSPS) is 14.8. The maximum absolute atomic E-state index is 11.8. The fourth-order valence-corrected chi connectivity index (χ4v) is 1.78. The molecule has 0 bridgehead atoms.